The molecule has 0 aliphatic carbocycles. The normalized spacial score (nSPS) is 11.4. The highest BCUT2D eigenvalue weighted by Crippen LogP contribution is 2.03. The van der Waals surface area contributed by atoms with Crippen molar-refractivity contribution in [2.24, 2.45) is 16.5 Å². The van der Waals surface area contributed by atoms with Crippen LogP contribution in [0.4, 0.5) is 0 Å². The number of unbranched alkanes of at least 4 members (excludes halogenated alkanes) is 1. The molecule has 9 heteroatoms. The van der Waals surface area contributed by atoms with Gasteiger partial charge in [-0.15, -0.1) is 0 Å². The number of hydrogen-bond donors (Lipinski definition) is 5. The molecule has 0 unspecified atom stereocenters. The van der Waals surface area contributed by atoms with Gasteiger partial charge in [0.2, 0.25) is 5.91 Å². The zero-order valence-electron chi connectivity index (χ0n) is 11.7. The quantitative estimate of drug-likeness (QED) is 0.190. The first-order chi connectivity index (χ1) is 9.82. The van der Waals surface area contributed by atoms with E-state index in [1.165, 1.54) is 0 Å². The van der Waals surface area contributed by atoms with E-state index in [2.05, 4.69) is 10.3 Å². The molecule has 0 aromatic heterocycles. The predicted molar refractivity (Wildman–Crippen MR) is 75.6 cm³/mol. The van der Waals surface area contributed by atoms with E-state index < -0.39 is 23.9 Å². The van der Waals surface area contributed by atoms with Gasteiger partial charge in [0.05, 0.1) is 0 Å². The molecular formula is C12H22N4O5. The molecule has 0 fully saturated rings. The summed E-state index contributed by atoms with van der Waals surface area (Å²) in [6.07, 6.45) is 1.52. The Bertz CT molecular complexity index is 393. The predicted octanol–water partition coefficient (Wildman–Crippen LogP) is -0.746. The van der Waals surface area contributed by atoms with E-state index in [-0.39, 0.29) is 25.2 Å². The minimum atomic E-state index is -1.13. The van der Waals surface area contributed by atoms with Crippen molar-refractivity contribution < 1.29 is 24.6 Å². The van der Waals surface area contributed by atoms with Crippen LogP contribution in [0.5, 0.6) is 0 Å². The van der Waals surface area contributed by atoms with E-state index in [0.717, 1.165) is 0 Å². The molecule has 0 heterocycles. The van der Waals surface area contributed by atoms with Gasteiger partial charge in [-0.25, -0.2) is 4.79 Å². The SMILES string of the molecule is NC(N)=NCCC[C@H](NC(=O)CCCCC(=O)O)C(=O)O. The van der Waals surface area contributed by atoms with Crippen LogP contribution in [-0.4, -0.2) is 46.6 Å². The Morgan fingerprint density at radius 2 is 1.67 bits per heavy atom. The molecule has 120 valence electrons. The van der Waals surface area contributed by atoms with E-state index >= 15 is 0 Å². The molecule has 0 aliphatic rings. The summed E-state index contributed by atoms with van der Waals surface area (Å²) in [4.78, 5) is 36.6. The van der Waals surface area contributed by atoms with Crippen molar-refractivity contribution in [2.75, 3.05) is 6.54 Å². The van der Waals surface area contributed by atoms with Crippen molar-refractivity contribution >= 4 is 23.8 Å². The summed E-state index contributed by atoms with van der Waals surface area (Å²) >= 11 is 0. The van der Waals surface area contributed by atoms with Gasteiger partial charge in [-0.2, -0.15) is 0 Å². The largest absolute Gasteiger partial charge is 0.481 e. The van der Waals surface area contributed by atoms with E-state index in [9.17, 15) is 14.4 Å². The summed E-state index contributed by atoms with van der Waals surface area (Å²) in [6, 6.07) is -0.994. The van der Waals surface area contributed by atoms with Gasteiger partial charge in [-0.05, 0) is 25.7 Å². The topological polar surface area (TPSA) is 168 Å². The van der Waals surface area contributed by atoms with E-state index in [0.29, 0.717) is 25.8 Å². The molecule has 0 rings (SSSR count). The van der Waals surface area contributed by atoms with Gasteiger partial charge in [0.15, 0.2) is 5.96 Å². The number of hydrogen-bond acceptors (Lipinski definition) is 4. The Morgan fingerprint density at radius 3 is 2.19 bits per heavy atom. The summed E-state index contributed by atoms with van der Waals surface area (Å²) in [5, 5.41) is 19.8. The maximum Gasteiger partial charge on any atom is 0.326 e. The fraction of sp³-hybridized carbons (Fsp3) is 0.667. The van der Waals surface area contributed by atoms with Crippen LogP contribution in [0, 0.1) is 0 Å². The maximum absolute atomic E-state index is 11.6. The van der Waals surface area contributed by atoms with Crippen LogP contribution < -0.4 is 16.8 Å². The Hall–Kier alpha value is -2.32. The van der Waals surface area contributed by atoms with Crippen molar-refractivity contribution in [1.82, 2.24) is 5.32 Å². The first-order valence-electron chi connectivity index (χ1n) is 6.62. The van der Waals surface area contributed by atoms with Crippen LogP contribution in [-0.2, 0) is 14.4 Å². The minimum absolute atomic E-state index is 0.00580. The minimum Gasteiger partial charge on any atom is -0.481 e. The molecule has 0 radical (unpaired) electrons. The van der Waals surface area contributed by atoms with Gasteiger partial charge in [0, 0.05) is 19.4 Å². The van der Waals surface area contributed by atoms with Gasteiger partial charge in [-0.1, -0.05) is 0 Å². The number of carboxylic acid groups (broad SMARTS) is 2. The number of nitrogens with two attached hydrogens (primary N) is 2. The first-order valence-corrected chi connectivity index (χ1v) is 6.62. The molecule has 9 nitrogen and oxygen atoms in total. The van der Waals surface area contributed by atoms with Gasteiger partial charge in [0.1, 0.15) is 6.04 Å². The number of carbonyl (C=O) groups excluding carboxylic acids is 1. The third-order valence-electron chi connectivity index (χ3n) is 2.62. The number of guanidine groups is 1. The Kier molecular flexibility index (Phi) is 9.31. The summed E-state index contributed by atoms with van der Waals surface area (Å²) < 4.78 is 0. The molecule has 21 heavy (non-hydrogen) atoms. The highest BCUT2D eigenvalue weighted by atomic mass is 16.4. The lowest BCUT2D eigenvalue weighted by atomic mass is 10.1. The highest BCUT2D eigenvalue weighted by Gasteiger charge is 2.19. The fourth-order valence-electron chi connectivity index (χ4n) is 1.59. The Morgan fingerprint density at radius 1 is 1.05 bits per heavy atom. The van der Waals surface area contributed by atoms with Gasteiger partial charge < -0.3 is 27.0 Å². The van der Waals surface area contributed by atoms with Gasteiger partial charge >= 0.3 is 11.9 Å². The van der Waals surface area contributed by atoms with Crippen LogP contribution in [0.1, 0.15) is 38.5 Å². The fourth-order valence-corrected chi connectivity index (χ4v) is 1.59. The standard InChI is InChI=1S/C12H22N4O5/c13-12(14)15-7-3-4-8(11(20)21)16-9(17)5-1-2-6-10(18)19/h8H,1-7H2,(H,16,17)(H,18,19)(H,20,21)(H4,13,14,15)/t8-/m0/s1. The van der Waals surface area contributed by atoms with Crippen LogP contribution >= 0.6 is 0 Å². The Labute approximate surface area is 122 Å². The number of nitrogens with zero attached hydrogens (tertiary/aromatic N) is 1. The number of aliphatic carboxylic acids is 2. The number of carbonyl (C=O) groups is 3. The second-order valence-electron chi connectivity index (χ2n) is 4.51. The second kappa shape index (κ2) is 10.5. The van der Waals surface area contributed by atoms with Crippen LogP contribution in [0.2, 0.25) is 0 Å². The van der Waals surface area contributed by atoms with Crippen molar-refractivity contribution in [3.63, 3.8) is 0 Å². The van der Waals surface area contributed by atoms with Gasteiger partial charge in [-0.3, -0.25) is 14.6 Å². The lowest BCUT2D eigenvalue weighted by molar-refractivity contribution is -0.142. The molecule has 1 atom stereocenters. The van der Waals surface area contributed by atoms with Crippen LogP contribution in [0.25, 0.3) is 0 Å². The molecule has 0 saturated heterocycles. The molecular weight excluding hydrogens is 280 g/mol. The van der Waals surface area contributed by atoms with E-state index in [1.807, 2.05) is 0 Å². The summed E-state index contributed by atoms with van der Waals surface area (Å²) in [5.41, 5.74) is 10.3. The van der Waals surface area contributed by atoms with Gasteiger partial charge in [0.25, 0.3) is 0 Å². The van der Waals surface area contributed by atoms with Crippen molar-refractivity contribution in [1.29, 1.82) is 0 Å². The van der Waals surface area contributed by atoms with Crippen molar-refractivity contribution in [2.45, 2.75) is 44.6 Å². The molecule has 0 bridgehead atoms. The molecule has 0 aliphatic heterocycles. The summed E-state index contributed by atoms with van der Waals surface area (Å²) in [7, 11) is 0. The molecule has 7 N–H and O–H groups in total. The lowest BCUT2D eigenvalue weighted by Gasteiger charge is -2.13. The number of nitrogens with one attached hydrogen (secondary N) is 1. The number of aliphatic imine (C=N–C) groups is 1. The smallest absolute Gasteiger partial charge is 0.326 e. The third-order valence-corrected chi connectivity index (χ3v) is 2.62. The summed E-state index contributed by atoms with van der Waals surface area (Å²) in [5.74, 6) is -2.52. The second-order valence-corrected chi connectivity index (χ2v) is 4.51. The molecule has 0 spiro atoms. The monoisotopic (exact) mass is 302 g/mol. The summed E-state index contributed by atoms with van der Waals surface area (Å²) in [6.45, 7) is 0.292. The molecule has 1 amide bonds. The third kappa shape index (κ3) is 11.2. The molecule has 0 aromatic rings. The lowest BCUT2D eigenvalue weighted by Crippen LogP contribution is -2.40. The Balaban J connectivity index is 4.01. The highest BCUT2D eigenvalue weighted by molar-refractivity contribution is 5.83. The number of carboxylic acids is 2. The van der Waals surface area contributed by atoms with Crippen LogP contribution in [0.3, 0.4) is 0 Å². The average molecular weight is 302 g/mol. The zero-order chi connectivity index (χ0) is 16.3. The molecule has 0 aromatic carbocycles. The molecule has 0 saturated carbocycles. The van der Waals surface area contributed by atoms with E-state index in [4.69, 9.17) is 21.7 Å². The van der Waals surface area contributed by atoms with Crippen LogP contribution in [0.15, 0.2) is 4.99 Å². The van der Waals surface area contributed by atoms with Crippen molar-refractivity contribution in [3.8, 4) is 0 Å². The average Bonchev–Trinajstić information content (AvgIpc) is 2.37. The zero-order valence-corrected chi connectivity index (χ0v) is 11.7. The van der Waals surface area contributed by atoms with Crippen molar-refractivity contribution in [3.05, 3.63) is 0 Å². The van der Waals surface area contributed by atoms with E-state index in [1.54, 1.807) is 0 Å². The number of rotatable bonds is 11. The first kappa shape index (κ1) is 18.7. The number of amides is 1. The maximum atomic E-state index is 11.6.